The summed E-state index contributed by atoms with van der Waals surface area (Å²) in [5.41, 5.74) is 10.6. The molecule has 0 radical (unpaired) electrons. The molecule has 1 aliphatic heterocycles. The highest BCUT2D eigenvalue weighted by Gasteiger charge is 2.35. The molecule has 1 aromatic heterocycles. The Hall–Kier alpha value is -4.77. The predicted octanol–water partition coefficient (Wildman–Crippen LogP) is 7.22. The number of hydrogen-bond acceptors (Lipinski definition) is 9. The average molecular weight is 712 g/mol. The number of anilines is 1. The van der Waals surface area contributed by atoms with Gasteiger partial charge in [0.15, 0.2) is 0 Å². The zero-order valence-electron chi connectivity index (χ0n) is 28.4. The lowest BCUT2D eigenvalue weighted by molar-refractivity contribution is -0.182. The van der Waals surface area contributed by atoms with Crippen molar-refractivity contribution < 1.29 is 37.4 Å². The number of aromatic amines is 1. The molecule has 2 heterocycles. The molecule has 4 N–H and O–H groups in total. The molecular weight excluding hydrogens is 669 g/mol. The zero-order valence-corrected chi connectivity index (χ0v) is 29.3. The number of carbonyl (C=O) groups excluding carboxylic acids is 2. The molecule has 12 heteroatoms. The lowest BCUT2D eigenvalue weighted by Gasteiger charge is -2.35. The summed E-state index contributed by atoms with van der Waals surface area (Å²) in [6.07, 6.45) is 1.70. The maximum absolute atomic E-state index is 12.9. The van der Waals surface area contributed by atoms with E-state index >= 15 is 0 Å². The highest BCUT2D eigenvalue weighted by atomic mass is 31.2. The van der Waals surface area contributed by atoms with E-state index in [1.807, 2.05) is 85.1 Å². The lowest BCUT2D eigenvalue weighted by Crippen LogP contribution is -2.41. The largest absolute Gasteiger partial charge is 0.465 e. The molecule has 266 valence electrons. The standard InChI is InChI=1S/C39H42N3O8P/c1-27(43)41-19-18-30-23-42-37-17-16-31(21-35(30)37)48-38-22-32(20-33(49-38)26-45-39(44)34-14-8-9-15-36(34)40)50-51(46-24-28-10-4-2-5-11-28)47-25-29-12-6-3-7-13-29/h2-17,21,23,32-33,38,42H,18-20,22,24-26,40H2,1H3,(H,41,43)/t32?,33-,38?/m0/s1. The molecule has 5 aromatic rings. The third-order valence-electron chi connectivity index (χ3n) is 8.28. The molecule has 2 unspecified atom stereocenters. The highest BCUT2D eigenvalue weighted by Crippen LogP contribution is 2.45. The molecule has 0 spiro atoms. The van der Waals surface area contributed by atoms with Gasteiger partial charge in [0, 0.05) is 49.1 Å². The van der Waals surface area contributed by atoms with Crippen LogP contribution in [0.15, 0.2) is 109 Å². The first-order valence-corrected chi connectivity index (χ1v) is 18.0. The molecule has 0 saturated carbocycles. The van der Waals surface area contributed by atoms with Crippen molar-refractivity contribution in [3.63, 3.8) is 0 Å². The van der Waals surface area contributed by atoms with Crippen LogP contribution in [0, 0.1) is 0 Å². The number of benzene rings is 4. The molecule has 6 rings (SSSR count). The number of ether oxygens (including phenoxy) is 3. The van der Waals surface area contributed by atoms with E-state index in [9.17, 15) is 9.59 Å². The van der Waals surface area contributed by atoms with E-state index in [2.05, 4.69) is 10.3 Å². The van der Waals surface area contributed by atoms with Crippen LogP contribution in [0.3, 0.4) is 0 Å². The predicted molar refractivity (Wildman–Crippen MR) is 195 cm³/mol. The van der Waals surface area contributed by atoms with Gasteiger partial charge in [-0.1, -0.05) is 72.8 Å². The second-order valence-corrected chi connectivity index (χ2v) is 13.4. The number of nitrogen functional groups attached to an aromatic ring is 1. The van der Waals surface area contributed by atoms with Crippen LogP contribution in [-0.4, -0.2) is 48.5 Å². The van der Waals surface area contributed by atoms with E-state index in [4.69, 9.17) is 33.5 Å². The first-order valence-electron chi connectivity index (χ1n) is 16.9. The average Bonchev–Trinajstić information content (AvgIpc) is 3.54. The quantitative estimate of drug-likeness (QED) is 0.0549. The van der Waals surface area contributed by atoms with Gasteiger partial charge in [-0.25, -0.2) is 4.79 Å². The van der Waals surface area contributed by atoms with E-state index in [-0.39, 0.29) is 18.1 Å². The number of rotatable bonds is 16. The van der Waals surface area contributed by atoms with Gasteiger partial charge in [-0.2, -0.15) is 0 Å². The Morgan fingerprint density at radius 1 is 0.902 bits per heavy atom. The van der Waals surface area contributed by atoms with Crippen molar-refractivity contribution >= 4 is 37.1 Å². The van der Waals surface area contributed by atoms with Crippen LogP contribution in [0.1, 0.15) is 46.8 Å². The number of H-pyrrole nitrogens is 1. The van der Waals surface area contributed by atoms with Crippen LogP contribution in [0.5, 0.6) is 5.75 Å². The highest BCUT2D eigenvalue weighted by molar-refractivity contribution is 7.41. The minimum atomic E-state index is -1.79. The van der Waals surface area contributed by atoms with Crippen LogP contribution < -0.4 is 15.8 Å². The second kappa shape index (κ2) is 17.9. The van der Waals surface area contributed by atoms with Gasteiger partial charge in [0.25, 0.3) is 0 Å². The van der Waals surface area contributed by atoms with Crippen LogP contribution in [0.2, 0.25) is 0 Å². The molecule has 4 aromatic carbocycles. The van der Waals surface area contributed by atoms with Gasteiger partial charge in [-0.05, 0) is 53.4 Å². The van der Waals surface area contributed by atoms with E-state index in [0.29, 0.717) is 50.5 Å². The van der Waals surface area contributed by atoms with Crippen molar-refractivity contribution in [2.75, 3.05) is 18.9 Å². The third kappa shape index (κ3) is 10.6. The molecule has 3 atom stereocenters. The number of amides is 1. The smallest absolute Gasteiger partial charge is 0.340 e. The van der Waals surface area contributed by atoms with Crippen LogP contribution >= 0.6 is 8.60 Å². The Morgan fingerprint density at radius 2 is 1.59 bits per heavy atom. The number of nitrogens with one attached hydrogen (secondary N) is 2. The van der Waals surface area contributed by atoms with Gasteiger partial charge in [0.2, 0.25) is 12.2 Å². The molecule has 1 amide bonds. The monoisotopic (exact) mass is 711 g/mol. The number of hydrogen-bond donors (Lipinski definition) is 3. The number of aromatic nitrogens is 1. The summed E-state index contributed by atoms with van der Waals surface area (Å²) in [7, 11) is -1.79. The van der Waals surface area contributed by atoms with Crippen molar-refractivity contribution in [3.05, 3.63) is 132 Å². The summed E-state index contributed by atoms with van der Waals surface area (Å²) in [5, 5.41) is 3.83. The fourth-order valence-electron chi connectivity index (χ4n) is 5.71. The summed E-state index contributed by atoms with van der Waals surface area (Å²) >= 11 is 0. The minimum Gasteiger partial charge on any atom is -0.465 e. The summed E-state index contributed by atoms with van der Waals surface area (Å²) in [4.78, 5) is 27.6. The van der Waals surface area contributed by atoms with Crippen LogP contribution in [0.4, 0.5) is 5.69 Å². The summed E-state index contributed by atoms with van der Waals surface area (Å²) in [6, 6.07) is 32.2. The van der Waals surface area contributed by atoms with E-state index in [1.165, 1.54) is 6.92 Å². The lowest BCUT2D eigenvalue weighted by atomic mass is 10.1. The van der Waals surface area contributed by atoms with Gasteiger partial charge in [0.1, 0.15) is 12.4 Å². The van der Waals surface area contributed by atoms with Crippen molar-refractivity contribution in [2.24, 2.45) is 0 Å². The van der Waals surface area contributed by atoms with Crippen molar-refractivity contribution in [3.8, 4) is 5.75 Å². The van der Waals surface area contributed by atoms with Crippen molar-refractivity contribution in [1.29, 1.82) is 0 Å². The maximum Gasteiger partial charge on any atom is 0.340 e. The SMILES string of the molecule is CC(=O)NCCc1c[nH]c2ccc(OC3CC(OP(OCc4ccccc4)OCc4ccccc4)C[C@@H](COC(=O)c4ccccc4N)O3)cc12. The minimum absolute atomic E-state index is 0.0370. The van der Waals surface area contributed by atoms with Crippen molar-refractivity contribution in [2.45, 2.75) is 57.9 Å². The maximum atomic E-state index is 12.9. The number of esters is 1. The Balaban J connectivity index is 1.18. The van der Waals surface area contributed by atoms with Gasteiger partial charge in [-0.3, -0.25) is 4.79 Å². The fraction of sp³-hybridized carbons (Fsp3) is 0.282. The molecule has 11 nitrogen and oxygen atoms in total. The Labute approximate surface area is 298 Å². The summed E-state index contributed by atoms with van der Waals surface area (Å²) in [5.74, 6) is -0.0112. The summed E-state index contributed by atoms with van der Waals surface area (Å²) in [6.45, 7) is 2.61. The summed E-state index contributed by atoms with van der Waals surface area (Å²) < 4.78 is 37.4. The molecule has 0 aliphatic carbocycles. The molecule has 0 bridgehead atoms. The molecule has 1 aliphatic rings. The molecule has 1 saturated heterocycles. The molecule has 1 fully saturated rings. The van der Waals surface area contributed by atoms with Gasteiger partial charge in [0.05, 0.1) is 31.0 Å². The van der Waals surface area contributed by atoms with Gasteiger partial charge in [-0.15, -0.1) is 0 Å². The molecule has 51 heavy (non-hydrogen) atoms. The Kier molecular flexibility index (Phi) is 12.7. The number of fused-ring (bicyclic) bond motifs is 1. The zero-order chi connectivity index (χ0) is 35.4. The normalized spacial score (nSPS) is 17.3. The van der Waals surface area contributed by atoms with Crippen LogP contribution in [-0.2, 0) is 47.5 Å². The first kappa shape index (κ1) is 36.0. The number of carbonyl (C=O) groups is 2. The Bertz CT molecular complexity index is 1830. The molecular formula is C39H42N3O8P. The number of nitrogens with two attached hydrogens (primary N) is 1. The van der Waals surface area contributed by atoms with Gasteiger partial charge < -0.3 is 43.8 Å². The van der Waals surface area contributed by atoms with E-state index in [1.54, 1.807) is 24.3 Å². The topological polar surface area (TPSA) is 143 Å². The van der Waals surface area contributed by atoms with E-state index < -0.39 is 33.1 Å². The first-order chi connectivity index (χ1) is 24.9. The second-order valence-electron chi connectivity index (χ2n) is 12.2. The van der Waals surface area contributed by atoms with Gasteiger partial charge >= 0.3 is 14.6 Å². The van der Waals surface area contributed by atoms with E-state index in [0.717, 1.165) is 27.6 Å². The fourth-order valence-corrected chi connectivity index (χ4v) is 6.83. The van der Waals surface area contributed by atoms with Crippen LogP contribution in [0.25, 0.3) is 10.9 Å². The van der Waals surface area contributed by atoms with Crippen molar-refractivity contribution in [1.82, 2.24) is 10.3 Å². The Morgan fingerprint density at radius 3 is 2.27 bits per heavy atom. The third-order valence-corrected chi connectivity index (χ3v) is 9.43. The number of para-hydroxylation sites is 1.